The minimum Gasteiger partial charge on any atom is -0.490 e. The van der Waals surface area contributed by atoms with Crippen LogP contribution in [0.25, 0.3) is 6.08 Å². The number of hydrogen-bond donors (Lipinski definition) is 0. The summed E-state index contributed by atoms with van der Waals surface area (Å²) in [4.78, 5) is 37.5. The van der Waals surface area contributed by atoms with E-state index in [1.807, 2.05) is 6.92 Å². The Balaban J connectivity index is 1.78. The number of nitrogens with zero attached hydrogens (tertiary/aromatic N) is 1. The van der Waals surface area contributed by atoms with Crippen molar-refractivity contribution in [1.29, 1.82) is 0 Å². The van der Waals surface area contributed by atoms with Gasteiger partial charge in [-0.15, -0.1) is 0 Å². The van der Waals surface area contributed by atoms with E-state index in [9.17, 15) is 14.4 Å². The van der Waals surface area contributed by atoms with Crippen molar-refractivity contribution in [2.45, 2.75) is 20.5 Å². The van der Waals surface area contributed by atoms with Crippen LogP contribution >= 0.6 is 35.0 Å². The lowest BCUT2D eigenvalue weighted by Gasteiger charge is -2.14. The van der Waals surface area contributed by atoms with E-state index in [4.69, 9.17) is 37.4 Å². The summed E-state index contributed by atoms with van der Waals surface area (Å²) in [6.07, 6.45) is 1.56. The van der Waals surface area contributed by atoms with Crippen molar-refractivity contribution >= 4 is 58.2 Å². The Morgan fingerprint density at radius 2 is 1.76 bits per heavy atom. The molecule has 0 spiro atoms. The van der Waals surface area contributed by atoms with E-state index in [-0.39, 0.29) is 18.1 Å². The maximum absolute atomic E-state index is 12.6. The van der Waals surface area contributed by atoms with Gasteiger partial charge in [0.1, 0.15) is 13.2 Å². The maximum Gasteiger partial charge on any atom is 0.326 e. The number of imide groups is 1. The molecule has 174 valence electrons. The standard InChI is InChI=1S/C23H21Cl2NO6S/c1-3-30-19-10-14(8-9-18(19)32-13-15-16(24)6-5-7-17(15)25)11-20-22(28)26(23(29)33-20)12-21(27)31-4-2/h5-11H,3-4,12-13H2,1-2H3/b20-11-. The molecule has 1 aliphatic heterocycles. The molecule has 0 aliphatic carbocycles. The van der Waals surface area contributed by atoms with Crippen LogP contribution in [0, 0.1) is 0 Å². The van der Waals surface area contributed by atoms with Gasteiger partial charge in [0, 0.05) is 15.6 Å². The van der Waals surface area contributed by atoms with Crippen LogP contribution in [0.4, 0.5) is 4.79 Å². The zero-order chi connectivity index (χ0) is 24.0. The van der Waals surface area contributed by atoms with Crippen LogP contribution in [0.15, 0.2) is 41.3 Å². The van der Waals surface area contributed by atoms with E-state index in [0.717, 1.165) is 16.7 Å². The predicted octanol–water partition coefficient (Wildman–Crippen LogP) is 5.57. The molecule has 0 aromatic heterocycles. The van der Waals surface area contributed by atoms with Gasteiger partial charge in [0.15, 0.2) is 11.5 Å². The second-order valence-corrected chi connectivity index (χ2v) is 8.51. The van der Waals surface area contributed by atoms with E-state index >= 15 is 0 Å². The Labute approximate surface area is 205 Å². The number of benzene rings is 2. The highest BCUT2D eigenvalue weighted by atomic mass is 35.5. The summed E-state index contributed by atoms with van der Waals surface area (Å²) >= 11 is 13.2. The molecule has 0 N–H and O–H groups in total. The molecule has 1 saturated heterocycles. The van der Waals surface area contributed by atoms with Gasteiger partial charge in [0.05, 0.1) is 18.1 Å². The first-order chi connectivity index (χ1) is 15.8. The minimum absolute atomic E-state index is 0.144. The highest BCUT2D eigenvalue weighted by Gasteiger charge is 2.36. The largest absolute Gasteiger partial charge is 0.490 e. The molecule has 1 fully saturated rings. The fraction of sp³-hybridized carbons (Fsp3) is 0.261. The number of amides is 2. The highest BCUT2D eigenvalue weighted by molar-refractivity contribution is 8.18. The first kappa shape index (κ1) is 25.0. The monoisotopic (exact) mass is 509 g/mol. The molecular weight excluding hydrogens is 489 g/mol. The van der Waals surface area contributed by atoms with Crippen LogP contribution in [0.2, 0.25) is 10.0 Å². The molecule has 33 heavy (non-hydrogen) atoms. The number of rotatable bonds is 9. The Morgan fingerprint density at radius 1 is 1.03 bits per heavy atom. The summed E-state index contributed by atoms with van der Waals surface area (Å²) in [7, 11) is 0. The number of ether oxygens (including phenoxy) is 3. The summed E-state index contributed by atoms with van der Waals surface area (Å²) in [6, 6.07) is 10.3. The molecule has 2 aromatic rings. The van der Waals surface area contributed by atoms with Crippen molar-refractivity contribution in [3.05, 3.63) is 62.5 Å². The second-order valence-electron chi connectivity index (χ2n) is 6.70. The van der Waals surface area contributed by atoms with E-state index < -0.39 is 23.7 Å². The molecule has 2 aromatic carbocycles. The molecule has 0 radical (unpaired) electrons. The Hall–Kier alpha value is -2.68. The van der Waals surface area contributed by atoms with Crippen molar-refractivity contribution in [3.63, 3.8) is 0 Å². The first-order valence-electron chi connectivity index (χ1n) is 10.1. The molecule has 0 bridgehead atoms. The average Bonchev–Trinajstić information content (AvgIpc) is 3.02. The average molecular weight is 510 g/mol. The number of carbonyl (C=O) groups excluding carboxylic acids is 3. The third kappa shape index (κ3) is 6.22. The van der Waals surface area contributed by atoms with Crippen LogP contribution in [-0.4, -0.2) is 41.8 Å². The van der Waals surface area contributed by atoms with Gasteiger partial charge in [-0.3, -0.25) is 19.3 Å². The van der Waals surface area contributed by atoms with Gasteiger partial charge >= 0.3 is 5.97 Å². The molecule has 0 unspecified atom stereocenters. The predicted molar refractivity (Wildman–Crippen MR) is 128 cm³/mol. The fourth-order valence-electron chi connectivity index (χ4n) is 2.95. The van der Waals surface area contributed by atoms with Gasteiger partial charge in [0.25, 0.3) is 11.1 Å². The van der Waals surface area contributed by atoms with Gasteiger partial charge in [-0.2, -0.15) is 0 Å². The normalized spacial score (nSPS) is 14.7. The molecular formula is C23H21Cl2NO6S. The van der Waals surface area contributed by atoms with Crippen LogP contribution < -0.4 is 9.47 Å². The minimum atomic E-state index is -0.639. The van der Waals surface area contributed by atoms with Gasteiger partial charge in [-0.05, 0) is 61.5 Å². The zero-order valence-electron chi connectivity index (χ0n) is 17.9. The summed E-state index contributed by atoms with van der Waals surface area (Å²) in [5.41, 5.74) is 1.28. The third-order valence-corrected chi connectivity index (χ3v) is 6.08. The first-order valence-corrected chi connectivity index (χ1v) is 11.6. The van der Waals surface area contributed by atoms with E-state index in [0.29, 0.717) is 39.3 Å². The molecule has 1 aliphatic rings. The van der Waals surface area contributed by atoms with Crippen molar-refractivity contribution in [2.75, 3.05) is 19.8 Å². The summed E-state index contributed by atoms with van der Waals surface area (Å²) < 4.78 is 16.4. The number of esters is 1. The van der Waals surface area contributed by atoms with E-state index in [2.05, 4.69) is 0 Å². The number of thioether (sulfide) groups is 1. The lowest BCUT2D eigenvalue weighted by atomic mass is 10.1. The molecule has 0 saturated carbocycles. The van der Waals surface area contributed by atoms with E-state index in [1.54, 1.807) is 49.4 Å². The highest BCUT2D eigenvalue weighted by Crippen LogP contribution is 2.35. The van der Waals surface area contributed by atoms with Crippen LogP contribution in [-0.2, 0) is 20.9 Å². The SMILES string of the molecule is CCOC(=O)CN1C(=O)S/C(=C\c2ccc(OCc3c(Cl)cccc3Cl)c(OCC)c2)C1=O. The maximum atomic E-state index is 12.6. The smallest absolute Gasteiger partial charge is 0.326 e. The van der Waals surface area contributed by atoms with Crippen molar-refractivity contribution in [1.82, 2.24) is 4.90 Å². The van der Waals surface area contributed by atoms with Crippen molar-refractivity contribution in [3.8, 4) is 11.5 Å². The molecule has 3 rings (SSSR count). The molecule has 7 nitrogen and oxygen atoms in total. The zero-order valence-corrected chi connectivity index (χ0v) is 20.3. The lowest BCUT2D eigenvalue weighted by Crippen LogP contribution is -2.34. The molecule has 10 heteroatoms. The summed E-state index contributed by atoms with van der Waals surface area (Å²) in [5, 5.41) is 0.465. The fourth-order valence-corrected chi connectivity index (χ4v) is 4.29. The van der Waals surface area contributed by atoms with Crippen LogP contribution in [0.5, 0.6) is 11.5 Å². The summed E-state index contributed by atoms with van der Waals surface area (Å²) in [6.45, 7) is 3.77. The molecule has 1 heterocycles. The topological polar surface area (TPSA) is 82.1 Å². The quantitative estimate of drug-likeness (QED) is 0.322. The van der Waals surface area contributed by atoms with Crippen molar-refractivity contribution in [2.24, 2.45) is 0 Å². The molecule has 0 atom stereocenters. The number of halogens is 2. The number of carbonyl (C=O) groups is 3. The lowest BCUT2D eigenvalue weighted by molar-refractivity contribution is -0.145. The van der Waals surface area contributed by atoms with Crippen LogP contribution in [0.3, 0.4) is 0 Å². The third-order valence-electron chi connectivity index (χ3n) is 4.47. The van der Waals surface area contributed by atoms with Gasteiger partial charge in [0.2, 0.25) is 0 Å². The Morgan fingerprint density at radius 3 is 2.42 bits per heavy atom. The Kier molecular flexibility index (Phi) is 8.66. The molecule has 2 amide bonds. The van der Waals surface area contributed by atoms with Crippen LogP contribution in [0.1, 0.15) is 25.0 Å². The summed E-state index contributed by atoms with van der Waals surface area (Å²) in [5.74, 6) is -0.259. The Bertz CT molecular complexity index is 1080. The second kappa shape index (κ2) is 11.4. The number of hydrogen-bond acceptors (Lipinski definition) is 7. The van der Waals surface area contributed by atoms with Gasteiger partial charge < -0.3 is 14.2 Å². The van der Waals surface area contributed by atoms with E-state index in [1.165, 1.54) is 0 Å². The van der Waals surface area contributed by atoms with Crippen molar-refractivity contribution < 1.29 is 28.6 Å². The van der Waals surface area contributed by atoms with Gasteiger partial charge in [-0.1, -0.05) is 35.3 Å². The van der Waals surface area contributed by atoms with Gasteiger partial charge in [-0.25, -0.2) is 0 Å².